The van der Waals surface area contributed by atoms with E-state index in [0.717, 1.165) is 59.4 Å². The van der Waals surface area contributed by atoms with Gasteiger partial charge in [-0.15, -0.1) is 0 Å². The van der Waals surface area contributed by atoms with Crippen molar-refractivity contribution in [1.29, 1.82) is 0 Å². The summed E-state index contributed by atoms with van der Waals surface area (Å²) in [5.41, 5.74) is 5.50. The van der Waals surface area contributed by atoms with Gasteiger partial charge in [0, 0.05) is 69.5 Å². The predicted octanol–water partition coefficient (Wildman–Crippen LogP) is 30.7. The molecule has 0 unspecified atom stereocenters. The Morgan fingerprint density at radius 2 is 0.641 bits per heavy atom. The van der Waals surface area contributed by atoms with Crippen LogP contribution in [0.3, 0.4) is 0 Å². The van der Waals surface area contributed by atoms with E-state index in [4.69, 9.17) is 0 Å². The maximum atomic E-state index is 13.0. The van der Waals surface area contributed by atoms with Crippen LogP contribution in [0.1, 0.15) is 123 Å². The number of fused-ring (bicyclic) bond motifs is 3. The van der Waals surface area contributed by atoms with Crippen molar-refractivity contribution in [3.8, 4) is 16.4 Å². The molecule has 0 radical (unpaired) electrons. The fourth-order valence-electron chi connectivity index (χ4n) is 17.5. The van der Waals surface area contributed by atoms with Gasteiger partial charge in [0.25, 0.3) is 0 Å². The quantitative estimate of drug-likeness (QED) is 0.0619. The normalized spacial score (nSPS) is 14.4. The summed E-state index contributed by atoms with van der Waals surface area (Å²) in [6.45, 7) is 8.26. The minimum absolute atomic E-state index is 0.0594. The van der Waals surface area contributed by atoms with Crippen LogP contribution in [0.2, 0.25) is 0 Å². The fourth-order valence-corrected chi connectivity index (χ4v) is 36.3. The number of carbonyl (C=O) groups is 1. The molecule has 0 spiro atoms. The number of hydrogen-bond donors (Lipinski definition) is 2. The number of phenolic OH excluding ortho intramolecular Hbond substituents is 2. The van der Waals surface area contributed by atoms with Crippen LogP contribution in [0.5, 0.6) is 11.5 Å². The van der Waals surface area contributed by atoms with E-state index in [9.17, 15) is 23.4 Å². The minimum Gasteiger partial charge on any atom is -0.508 e. The summed E-state index contributed by atoms with van der Waals surface area (Å²) in [5.74, 6) is 9.96. The Morgan fingerprint density at radius 1 is 0.328 bits per heavy atom. The van der Waals surface area contributed by atoms with Gasteiger partial charge in [0.1, 0.15) is 46.0 Å². The maximum Gasteiger partial charge on any atom is 0.211 e. The number of thiophene rings is 1. The van der Waals surface area contributed by atoms with Crippen molar-refractivity contribution in [3.05, 3.63) is 416 Å². The van der Waals surface area contributed by atoms with Crippen LogP contribution in [0.15, 0.2) is 457 Å². The van der Waals surface area contributed by atoms with Gasteiger partial charge in [-0.3, -0.25) is 4.79 Å². The highest BCUT2D eigenvalue weighted by atomic mass is 32.2. The first-order valence-corrected chi connectivity index (χ1v) is 58.2. The zero-order valence-electron chi connectivity index (χ0n) is 75.7. The first-order chi connectivity index (χ1) is 64.2. The Hall–Kier alpha value is -9.81. The van der Waals surface area contributed by atoms with E-state index in [2.05, 4.69) is 323 Å². The molecule has 5 nitrogen and oxygen atoms in total. The van der Waals surface area contributed by atoms with Crippen molar-refractivity contribution in [2.24, 2.45) is 0 Å². The highest BCUT2D eigenvalue weighted by Crippen LogP contribution is 2.49. The lowest BCUT2D eigenvalue weighted by molar-refractivity contribution is 0.102. The topological polar surface area (TPSA) is 91.7 Å². The standard InChI is InChI=1S/C36H28S3.C24H25O2S2.C18H13S.2C13H18OS.C13H17OS/c1-5-13-31(14-6-1)38(32-15-7-2-8-16-32)35-25-21-29(22-26-35)37-30-23-27-36(28-24-30)39(33-17-9-3-10-18-33)34-19-11-4-12-20-34;25-28(26,23-14-8-3-9-15-23)24-18-16-22(17-19-24)27(20-10-4-1-5-11-20)21-12-6-2-7-13-21;1-2-8-14(9-3-1)19-17-12-6-4-10-15(17)16-11-5-7-13-18(16)19;1-10-8-12(9-11(2)13(10)14)15-6-4-3-5-7-15;1-10-8-12(14)9-11(2)13(10)15-6-4-3-5-7-15;14-13(12-7-3-1-4-8-12)11-15-9-5-2-6-10-15/h1-28H;1-2,4-7,10-13,16-19,23H,3,8-9,14-15H2;1-13H;2*8-9H,3-7H2,1-2H3;1,3-4,7-8H,2,5-6,9-11H2/q+2;2*+1;;;+1/p+2. The summed E-state index contributed by atoms with van der Waals surface area (Å²) < 4.78 is 28.9. The van der Waals surface area contributed by atoms with E-state index in [-0.39, 0.29) is 48.4 Å². The molecule has 14 heteroatoms. The molecule has 4 aliphatic rings. The Balaban J connectivity index is 0.000000126. The molecule has 3 aliphatic heterocycles. The van der Waals surface area contributed by atoms with Crippen LogP contribution >= 0.6 is 22.2 Å². The SMILES string of the molecule is Cc1cc(O)cc(C)c1[S+]1CCCCC1.Cc1cc([S+]2CCCCC2)cc(C)c1O.O=C(C[S+]1CCCCC1)c1ccccc1.O=S(=O)(c1ccc([S+](c2ccccc2)c2ccccc2)cc1)C1CCCCC1.c1ccc(-[s+]2c3ccccc3c3ccccc32)cc1.c1ccc([S+](c2ccccc2)c2ccc(Sc3ccc([S+](c4ccccc4)c4ccccc4)cc3)cc2)cc1. The number of carbonyl (C=O) groups excluding carboxylic acids is 1. The molecule has 1 saturated carbocycles. The Bertz CT molecular complexity index is 5990. The molecule has 0 atom stereocenters. The highest BCUT2D eigenvalue weighted by Gasteiger charge is 2.36. The van der Waals surface area contributed by atoms with E-state index >= 15 is 0 Å². The second-order valence-corrected chi connectivity index (χ2v) is 51.7. The van der Waals surface area contributed by atoms with Gasteiger partial charge in [0.15, 0.2) is 83.7 Å². The Kier molecular flexibility index (Phi) is 35.6. The number of hydrogen-bond acceptors (Lipinski definition) is 6. The number of rotatable bonds is 19. The molecule has 4 heterocycles. The number of ketones is 1. The van der Waals surface area contributed by atoms with Crippen molar-refractivity contribution in [3.63, 3.8) is 0 Å². The monoisotopic (exact) mass is 1890 g/mol. The third kappa shape index (κ3) is 26.0. The van der Waals surface area contributed by atoms with E-state index in [1.807, 2.05) is 104 Å². The summed E-state index contributed by atoms with van der Waals surface area (Å²) in [6, 6.07) is 136. The summed E-state index contributed by atoms with van der Waals surface area (Å²) in [7, 11) is -2.39. The molecular formula is C117H121O5S9+7. The molecule has 3 saturated heterocycles. The second kappa shape index (κ2) is 48.7. The molecule has 0 bridgehead atoms. The lowest BCUT2D eigenvalue weighted by atomic mass is 10.0. The summed E-state index contributed by atoms with van der Waals surface area (Å²) in [4.78, 5) is 30.9. The number of phenols is 2. The lowest BCUT2D eigenvalue weighted by Gasteiger charge is -2.21. The van der Waals surface area contributed by atoms with Crippen molar-refractivity contribution in [1.82, 2.24) is 0 Å². The molecule has 1 aliphatic carbocycles. The van der Waals surface area contributed by atoms with Gasteiger partial charge in [-0.2, -0.15) is 0 Å². The fraction of sp³-hybridized carbons (Fsp3) is 0.222. The number of aromatic hydroxyl groups is 2. The lowest BCUT2D eigenvalue weighted by Crippen LogP contribution is -2.25. The van der Waals surface area contributed by atoms with Gasteiger partial charge in [0.2, 0.25) is 5.78 Å². The van der Waals surface area contributed by atoms with Crippen LogP contribution in [0.4, 0.5) is 0 Å². The van der Waals surface area contributed by atoms with Crippen LogP contribution < -0.4 is 0 Å². The van der Waals surface area contributed by atoms with Gasteiger partial charge >= 0.3 is 0 Å². The molecular weight excluding hydrogens is 1770 g/mol. The van der Waals surface area contributed by atoms with Crippen LogP contribution in [0, 0.1) is 27.7 Å². The molecule has 16 aromatic rings. The van der Waals surface area contributed by atoms with Gasteiger partial charge in [0.05, 0.1) is 42.8 Å². The molecule has 20 rings (SSSR count). The zero-order valence-corrected chi connectivity index (χ0v) is 83.0. The molecule has 1 aromatic heterocycles. The Labute approximate surface area is 803 Å². The van der Waals surface area contributed by atoms with E-state index in [1.165, 1.54) is 187 Å². The summed E-state index contributed by atoms with van der Waals surface area (Å²) in [5, 5.41) is 21.8. The first-order valence-electron chi connectivity index (χ1n) is 46.1. The summed E-state index contributed by atoms with van der Waals surface area (Å²) in [6.07, 6.45) is 17.1. The van der Waals surface area contributed by atoms with Gasteiger partial charge in [-0.05, 0) is 327 Å². The Morgan fingerprint density at radius 3 is 1.02 bits per heavy atom. The molecule has 15 aromatic carbocycles. The van der Waals surface area contributed by atoms with Crippen molar-refractivity contribution in [2.75, 3.05) is 40.3 Å². The zero-order chi connectivity index (χ0) is 90.5. The third-order valence-corrected chi connectivity index (χ3v) is 44.0. The maximum absolute atomic E-state index is 13.0. The molecule has 0 amide bonds. The molecule has 666 valence electrons. The van der Waals surface area contributed by atoms with Crippen molar-refractivity contribution < 1.29 is 23.4 Å². The highest BCUT2D eigenvalue weighted by molar-refractivity contribution is 8.00. The van der Waals surface area contributed by atoms with Crippen LogP contribution in [-0.2, 0) is 75.2 Å². The van der Waals surface area contributed by atoms with Gasteiger partial charge in [-0.25, -0.2) is 8.42 Å². The molecule has 2 N–H and O–H groups in total. The smallest absolute Gasteiger partial charge is 0.211 e. The van der Waals surface area contributed by atoms with E-state index in [1.54, 1.807) is 0 Å². The summed E-state index contributed by atoms with van der Waals surface area (Å²) >= 11 is 1.82. The number of Topliss-reactive ketones (excluding diaryl/α,β-unsaturated/α-hetero) is 1. The van der Waals surface area contributed by atoms with E-state index < -0.39 is 9.84 Å². The predicted molar refractivity (Wildman–Crippen MR) is 568 cm³/mol. The third-order valence-electron chi connectivity index (χ3n) is 24.0. The number of benzene rings is 15. The average Bonchev–Trinajstić information content (AvgIpc) is 1.56. The van der Waals surface area contributed by atoms with Crippen molar-refractivity contribution >= 4 is 123 Å². The largest absolute Gasteiger partial charge is 0.508 e. The number of sulfone groups is 1. The first kappa shape index (κ1) is 95.8. The average molecular weight is 1900 g/mol. The second-order valence-electron chi connectivity index (χ2n) is 33.5. The van der Waals surface area contributed by atoms with Crippen molar-refractivity contribution in [2.45, 2.75) is 191 Å². The van der Waals surface area contributed by atoms with Gasteiger partial charge in [-0.1, -0.05) is 213 Å². The van der Waals surface area contributed by atoms with Crippen LogP contribution in [-0.4, -0.2) is 69.9 Å². The van der Waals surface area contributed by atoms with Crippen LogP contribution in [0.25, 0.3) is 25.1 Å². The minimum atomic E-state index is -3.23. The van der Waals surface area contributed by atoms with Gasteiger partial charge < -0.3 is 10.2 Å². The number of aryl methyl sites for hydroxylation is 4. The van der Waals surface area contributed by atoms with E-state index in [0.29, 0.717) is 54.9 Å². The molecule has 4 fully saturated rings. The molecule has 131 heavy (non-hydrogen) atoms.